The molecule has 2 aliphatic rings. The van der Waals surface area contributed by atoms with Gasteiger partial charge in [0.1, 0.15) is 0 Å². The average molecular weight is 226 g/mol. The van der Waals surface area contributed by atoms with Crippen molar-refractivity contribution in [2.45, 2.75) is 57.2 Å². The van der Waals surface area contributed by atoms with Gasteiger partial charge in [-0.1, -0.05) is 0 Å². The van der Waals surface area contributed by atoms with Gasteiger partial charge in [-0.3, -0.25) is 4.79 Å². The Kier molecular flexibility index (Phi) is 3.82. The van der Waals surface area contributed by atoms with Crippen LogP contribution in [-0.4, -0.2) is 47.2 Å². The minimum absolute atomic E-state index is 0.204. The van der Waals surface area contributed by atoms with E-state index in [-0.39, 0.29) is 18.1 Å². The zero-order chi connectivity index (χ0) is 11.5. The van der Waals surface area contributed by atoms with E-state index in [4.69, 9.17) is 0 Å². The molecule has 2 unspecified atom stereocenters. The van der Waals surface area contributed by atoms with Crippen LogP contribution in [-0.2, 0) is 4.79 Å². The van der Waals surface area contributed by atoms with Crippen LogP contribution in [0.4, 0.5) is 0 Å². The number of carbonyl (C=O) groups excluding carboxylic acids is 1. The molecule has 16 heavy (non-hydrogen) atoms. The molecule has 2 fully saturated rings. The monoisotopic (exact) mass is 226 g/mol. The summed E-state index contributed by atoms with van der Waals surface area (Å²) in [5.41, 5.74) is 0. The summed E-state index contributed by atoms with van der Waals surface area (Å²) in [6, 6.07) is 0.843. The third-order valence-corrected chi connectivity index (χ3v) is 3.43. The summed E-state index contributed by atoms with van der Waals surface area (Å²) in [7, 11) is 0. The number of hydrogen-bond acceptors (Lipinski definition) is 3. The number of aliphatic hydroxyl groups is 1. The van der Waals surface area contributed by atoms with Gasteiger partial charge >= 0.3 is 0 Å². The molecule has 0 radical (unpaired) electrons. The van der Waals surface area contributed by atoms with E-state index in [1.54, 1.807) is 6.92 Å². The molecular formula is C12H22N2O2. The van der Waals surface area contributed by atoms with Gasteiger partial charge in [0, 0.05) is 18.6 Å². The minimum atomic E-state index is -0.310. The van der Waals surface area contributed by atoms with Crippen molar-refractivity contribution in [2.24, 2.45) is 0 Å². The lowest BCUT2D eigenvalue weighted by Crippen LogP contribution is -2.42. The fourth-order valence-corrected chi connectivity index (χ4v) is 2.42. The molecule has 1 aliphatic heterocycles. The summed E-state index contributed by atoms with van der Waals surface area (Å²) in [5.74, 6) is 0.204. The van der Waals surface area contributed by atoms with E-state index in [0.29, 0.717) is 12.6 Å². The molecule has 0 spiro atoms. The first-order valence-corrected chi connectivity index (χ1v) is 6.37. The van der Waals surface area contributed by atoms with Crippen LogP contribution in [0.5, 0.6) is 0 Å². The molecule has 1 aliphatic carbocycles. The van der Waals surface area contributed by atoms with E-state index in [0.717, 1.165) is 25.8 Å². The molecule has 1 amide bonds. The van der Waals surface area contributed by atoms with Crippen molar-refractivity contribution in [1.82, 2.24) is 10.2 Å². The predicted octanol–water partition coefficient (Wildman–Crippen LogP) is 0.500. The number of nitrogens with zero attached hydrogens (tertiary/aromatic N) is 1. The van der Waals surface area contributed by atoms with Gasteiger partial charge in [0.25, 0.3) is 0 Å². The van der Waals surface area contributed by atoms with Crippen molar-refractivity contribution in [3.05, 3.63) is 0 Å². The zero-order valence-corrected chi connectivity index (χ0v) is 9.98. The van der Waals surface area contributed by atoms with Crippen molar-refractivity contribution in [3.8, 4) is 0 Å². The van der Waals surface area contributed by atoms with Crippen LogP contribution in [0.15, 0.2) is 0 Å². The Morgan fingerprint density at radius 1 is 1.50 bits per heavy atom. The molecule has 1 saturated heterocycles. The molecule has 0 aromatic heterocycles. The van der Waals surface area contributed by atoms with Gasteiger partial charge in [0.2, 0.25) is 5.91 Å². The number of carbonyl (C=O) groups is 1. The molecule has 2 N–H and O–H groups in total. The second-order valence-corrected chi connectivity index (χ2v) is 5.12. The first-order valence-electron chi connectivity index (χ1n) is 6.37. The van der Waals surface area contributed by atoms with Gasteiger partial charge in [-0.25, -0.2) is 0 Å². The highest BCUT2D eigenvalue weighted by atomic mass is 16.3. The van der Waals surface area contributed by atoms with Gasteiger partial charge in [0.05, 0.1) is 12.6 Å². The molecule has 4 nitrogen and oxygen atoms in total. The van der Waals surface area contributed by atoms with Crippen LogP contribution in [0, 0.1) is 0 Å². The van der Waals surface area contributed by atoms with Crippen LogP contribution in [0.1, 0.15) is 39.0 Å². The Hall–Kier alpha value is -0.610. The molecule has 0 aromatic rings. The fourth-order valence-electron chi connectivity index (χ4n) is 2.42. The van der Waals surface area contributed by atoms with Crippen molar-refractivity contribution < 1.29 is 9.90 Å². The summed E-state index contributed by atoms with van der Waals surface area (Å²) < 4.78 is 0. The highest BCUT2D eigenvalue weighted by Crippen LogP contribution is 2.22. The maximum absolute atomic E-state index is 12.0. The normalized spacial score (nSPS) is 27.1. The standard InChI is InChI=1S/C12H22N2O2/c1-9(15)7-11-3-2-6-14(11)12(16)8-13-10-4-5-10/h9-11,13,15H,2-8H2,1H3. The Morgan fingerprint density at radius 3 is 2.88 bits per heavy atom. The van der Waals surface area contributed by atoms with Crippen LogP contribution in [0.3, 0.4) is 0 Å². The Bertz CT molecular complexity index is 251. The third kappa shape index (κ3) is 3.19. The minimum Gasteiger partial charge on any atom is -0.393 e. The summed E-state index contributed by atoms with van der Waals surface area (Å²) in [6.07, 6.45) is 4.95. The zero-order valence-electron chi connectivity index (χ0n) is 9.98. The van der Waals surface area contributed by atoms with E-state index in [1.807, 2.05) is 4.90 Å². The van der Waals surface area contributed by atoms with Crippen LogP contribution >= 0.6 is 0 Å². The molecule has 1 heterocycles. The van der Waals surface area contributed by atoms with Crippen LogP contribution in [0.2, 0.25) is 0 Å². The second-order valence-electron chi connectivity index (χ2n) is 5.12. The number of rotatable bonds is 5. The van der Waals surface area contributed by atoms with Crippen LogP contribution < -0.4 is 5.32 Å². The summed E-state index contributed by atoms with van der Waals surface area (Å²) in [4.78, 5) is 13.9. The summed E-state index contributed by atoms with van der Waals surface area (Å²) >= 11 is 0. The van der Waals surface area contributed by atoms with E-state index in [1.165, 1.54) is 12.8 Å². The average Bonchev–Trinajstić information content (AvgIpc) is 2.94. The molecule has 2 atom stereocenters. The van der Waals surface area contributed by atoms with E-state index in [2.05, 4.69) is 5.32 Å². The van der Waals surface area contributed by atoms with Crippen LogP contribution in [0.25, 0.3) is 0 Å². The SMILES string of the molecule is CC(O)CC1CCCN1C(=O)CNC1CC1. The largest absolute Gasteiger partial charge is 0.393 e. The molecule has 0 bridgehead atoms. The number of aliphatic hydroxyl groups excluding tert-OH is 1. The molecule has 2 rings (SSSR count). The van der Waals surface area contributed by atoms with Crippen molar-refractivity contribution in [1.29, 1.82) is 0 Å². The van der Waals surface area contributed by atoms with E-state index < -0.39 is 0 Å². The van der Waals surface area contributed by atoms with Gasteiger partial charge in [0.15, 0.2) is 0 Å². The maximum atomic E-state index is 12.0. The third-order valence-electron chi connectivity index (χ3n) is 3.43. The predicted molar refractivity (Wildman–Crippen MR) is 62.1 cm³/mol. The fraction of sp³-hybridized carbons (Fsp3) is 0.917. The Balaban J connectivity index is 1.78. The maximum Gasteiger partial charge on any atom is 0.236 e. The lowest BCUT2D eigenvalue weighted by Gasteiger charge is -2.25. The Morgan fingerprint density at radius 2 is 2.25 bits per heavy atom. The van der Waals surface area contributed by atoms with E-state index >= 15 is 0 Å². The second kappa shape index (κ2) is 5.15. The number of hydrogen-bond donors (Lipinski definition) is 2. The van der Waals surface area contributed by atoms with Crippen molar-refractivity contribution >= 4 is 5.91 Å². The highest BCUT2D eigenvalue weighted by Gasteiger charge is 2.30. The lowest BCUT2D eigenvalue weighted by atomic mass is 10.1. The molecule has 0 aromatic carbocycles. The smallest absolute Gasteiger partial charge is 0.236 e. The quantitative estimate of drug-likeness (QED) is 0.718. The van der Waals surface area contributed by atoms with E-state index in [9.17, 15) is 9.90 Å². The highest BCUT2D eigenvalue weighted by molar-refractivity contribution is 5.79. The molecule has 4 heteroatoms. The summed E-state index contributed by atoms with van der Waals surface area (Å²) in [5, 5.41) is 12.6. The number of amides is 1. The number of likely N-dealkylation sites (tertiary alicyclic amines) is 1. The van der Waals surface area contributed by atoms with Gasteiger partial charge in [-0.15, -0.1) is 0 Å². The van der Waals surface area contributed by atoms with Crippen molar-refractivity contribution in [2.75, 3.05) is 13.1 Å². The first kappa shape index (κ1) is 11.9. The summed E-state index contributed by atoms with van der Waals surface area (Å²) in [6.45, 7) is 3.13. The van der Waals surface area contributed by atoms with Crippen molar-refractivity contribution in [3.63, 3.8) is 0 Å². The van der Waals surface area contributed by atoms with Gasteiger partial charge in [-0.2, -0.15) is 0 Å². The lowest BCUT2D eigenvalue weighted by molar-refractivity contribution is -0.131. The molecule has 1 saturated carbocycles. The van der Waals surface area contributed by atoms with Gasteiger partial charge < -0.3 is 15.3 Å². The van der Waals surface area contributed by atoms with Gasteiger partial charge in [-0.05, 0) is 39.0 Å². The number of nitrogens with one attached hydrogen (secondary N) is 1. The molecule has 92 valence electrons. The molecular weight excluding hydrogens is 204 g/mol. The first-order chi connectivity index (χ1) is 7.66. The Labute approximate surface area is 97.0 Å². The topological polar surface area (TPSA) is 52.6 Å².